The molecule has 0 heterocycles. The molecule has 0 radical (unpaired) electrons. The van der Waals surface area contributed by atoms with Crippen molar-refractivity contribution in [2.45, 2.75) is 43.8 Å². The third-order valence-corrected chi connectivity index (χ3v) is 4.53. The molecule has 0 spiro atoms. The van der Waals surface area contributed by atoms with E-state index in [9.17, 15) is 9.00 Å². The number of carbonyl (C=O) groups is 1. The number of rotatable bonds is 5. The standard InChI is InChI=1S/C10H18O3S/c1-13-10(11)7-4-8-14(12)9-5-2-3-6-9/h9H,2-8H2,1H3. The molecule has 1 unspecified atom stereocenters. The van der Waals surface area contributed by atoms with Gasteiger partial charge in [0.15, 0.2) is 0 Å². The maximum Gasteiger partial charge on any atom is 0.305 e. The van der Waals surface area contributed by atoms with Crippen LogP contribution < -0.4 is 0 Å². The number of esters is 1. The van der Waals surface area contributed by atoms with E-state index in [2.05, 4.69) is 4.74 Å². The average Bonchev–Trinajstić information content (AvgIpc) is 2.70. The Kier molecular flexibility index (Phi) is 5.15. The maximum absolute atomic E-state index is 11.7. The molecule has 4 heteroatoms. The molecular formula is C10H18O3S. The summed E-state index contributed by atoms with van der Waals surface area (Å²) in [6, 6.07) is 0. The molecule has 0 aliphatic heterocycles. The summed E-state index contributed by atoms with van der Waals surface area (Å²) in [5.74, 6) is 0.452. The fraction of sp³-hybridized carbons (Fsp3) is 0.900. The molecule has 1 saturated carbocycles. The molecule has 0 aromatic rings. The van der Waals surface area contributed by atoms with Gasteiger partial charge < -0.3 is 4.74 Å². The predicted molar refractivity (Wildman–Crippen MR) is 56.5 cm³/mol. The quantitative estimate of drug-likeness (QED) is 0.659. The number of methoxy groups -OCH3 is 1. The number of ether oxygens (including phenoxy) is 1. The van der Waals surface area contributed by atoms with E-state index >= 15 is 0 Å². The summed E-state index contributed by atoms with van der Waals surface area (Å²) in [6.07, 6.45) is 5.72. The van der Waals surface area contributed by atoms with Gasteiger partial charge in [-0.2, -0.15) is 0 Å². The summed E-state index contributed by atoms with van der Waals surface area (Å²) < 4.78 is 16.2. The molecule has 0 bridgehead atoms. The summed E-state index contributed by atoms with van der Waals surface area (Å²) in [7, 11) is 0.664. The molecule has 14 heavy (non-hydrogen) atoms. The normalized spacial score (nSPS) is 19.5. The van der Waals surface area contributed by atoms with Crippen LogP contribution in [0.2, 0.25) is 0 Å². The molecule has 0 saturated heterocycles. The molecular weight excluding hydrogens is 200 g/mol. The van der Waals surface area contributed by atoms with Crippen molar-refractivity contribution < 1.29 is 13.7 Å². The minimum absolute atomic E-state index is 0.201. The highest BCUT2D eigenvalue weighted by atomic mass is 32.2. The predicted octanol–water partition coefficient (Wildman–Crippen LogP) is 1.63. The highest BCUT2D eigenvalue weighted by Crippen LogP contribution is 2.23. The van der Waals surface area contributed by atoms with Crippen molar-refractivity contribution in [1.29, 1.82) is 0 Å². The fourth-order valence-corrected chi connectivity index (χ4v) is 3.40. The van der Waals surface area contributed by atoms with Gasteiger partial charge in [0.2, 0.25) is 0 Å². The van der Waals surface area contributed by atoms with Gasteiger partial charge in [-0.05, 0) is 19.3 Å². The lowest BCUT2D eigenvalue weighted by Gasteiger charge is -2.07. The van der Waals surface area contributed by atoms with Crippen LogP contribution in [0.1, 0.15) is 38.5 Å². The molecule has 1 aliphatic carbocycles. The summed E-state index contributed by atoms with van der Waals surface area (Å²) in [4.78, 5) is 10.8. The van der Waals surface area contributed by atoms with Gasteiger partial charge >= 0.3 is 5.97 Å². The van der Waals surface area contributed by atoms with E-state index in [1.165, 1.54) is 20.0 Å². The van der Waals surface area contributed by atoms with Crippen molar-refractivity contribution in [2.24, 2.45) is 0 Å². The summed E-state index contributed by atoms with van der Waals surface area (Å²) in [5.41, 5.74) is 0. The van der Waals surface area contributed by atoms with Crippen LogP contribution in [0.5, 0.6) is 0 Å². The average molecular weight is 218 g/mol. The second-order valence-electron chi connectivity index (χ2n) is 3.67. The van der Waals surface area contributed by atoms with Crippen LogP contribution in [0.15, 0.2) is 0 Å². The molecule has 1 atom stereocenters. The lowest BCUT2D eigenvalue weighted by atomic mass is 10.3. The Hall–Kier alpha value is -0.380. The molecule has 1 aliphatic rings. The van der Waals surface area contributed by atoms with Gasteiger partial charge in [-0.15, -0.1) is 0 Å². The van der Waals surface area contributed by atoms with Crippen molar-refractivity contribution in [3.8, 4) is 0 Å². The smallest absolute Gasteiger partial charge is 0.305 e. The first-order valence-electron chi connectivity index (χ1n) is 5.18. The molecule has 0 amide bonds. The van der Waals surface area contributed by atoms with Gasteiger partial charge in [0.25, 0.3) is 0 Å². The van der Waals surface area contributed by atoms with Crippen molar-refractivity contribution in [3.05, 3.63) is 0 Å². The lowest BCUT2D eigenvalue weighted by Crippen LogP contribution is -2.14. The first-order valence-corrected chi connectivity index (χ1v) is 6.56. The zero-order chi connectivity index (χ0) is 10.4. The Morgan fingerprint density at radius 3 is 2.64 bits per heavy atom. The summed E-state index contributed by atoms with van der Waals surface area (Å²) in [5, 5.41) is 0.396. The van der Waals surface area contributed by atoms with Crippen LogP contribution in [0.25, 0.3) is 0 Å². The van der Waals surface area contributed by atoms with Crippen LogP contribution in [0.3, 0.4) is 0 Å². The molecule has 1 rings (SSSR count). The minimum Gasteiger partial charge on any atom is -0.469 e. The molecule has 0 aromatic heterocycles. The van der Waals surface area contributed by atoms with Crippen molar-refractivity contribution in [3.63, 3.8) is 0 Å². The van der Waals surface area contributed by atoms with Crippen LogP contribution in [0, 0.1) is 0 Å². The van der Waals surface area contributed by atoms with E-state index in [1.807, 2.05) is 0 Å². The van der Waals surface area contributed by atoms with Crippen LogP contribution in [-0.2, 0) is 20.3 Å². The second kappa shape index (κ2) is 6.17. The van der Waals surface area contributed by atoms with E-state index in [0.717, 1.165) is 12.8 Å². The Morgan fingerprint density at radius 1 is 1.43 bits per heavy atom. The number of carbonyl (C=O) groups excluding carboxylic acids is 1. The molecule has 0 aromatic carbocycles. The Labute approximate surface area is 87.7 Å². The zero-order valence-corrected chi connectivity index (χ0v) is 9.48. The molecule has 3 nitrogen and oxygen atoms in total. The summed E-state index contributed by atoms with van der Waals surface area (Å²) >= 11 is 0. The highest BCUT2D eigenvalue weighted by molar-refractivity contribution is 7.85. The first kappa shape index (κ1) is 11.7. The van der Waals surface area contributed by atoms with Crippen LogP contribution in [0.4, 0.5) is 0 Å². The Bertz CT molecular complexity index is 209. The third kappa shape index (κ3) is 3.78. The number of hydrogen-bond donors (Lipinski definition) is 0. The van der Waals surface area contributed by atoms with Gasteiger partial charge in [-0.1, -0.05) is 12.8 Å². The van der Waals surface area contributed by atoms with Crippen molar-refractivity contribution >= 4 is 16.8 Å². The largest absolute Gasteiger partial charge is 0.469 e. The maximum atomic E-state index is 11.7. The van der Waals surface area contributed by atoms with Crippen LogP contribution >= 0.6 is 0 Å². The van der Waals surface area contributed by atoms with Gasteiger partial charge in [0, 0.05) is 28.2 Å². The third-order valence-electron chi connectivity index (χ3n) is 2.63. The number of hydrogen-bond acceptors (Lipinski definition) is 3. The van der Waals surface area contributed by atoms with E-state index in [0.29, 0.717) is 23.8 Å². The van der Waals surface area contributed by atoms with Gasteiger partial charge in [-0.3, -0.25) is 9.00 Å². The van der Waals surface area contributed by atoms with E-state index < -0.39 is 10.8 Å². The SMILES string of the molecule is COC(=O)CCCS(=O)C1CCCC1. The van der Waals surface area contributed by atoms with Crippen LogP contribution in [-0.4, -0.2) is 28.3 Å². The Morgan fingerprint density at radius 2 is 2.07 bits per heavy atom. The first-order chi connectivity index (χ1) is 6.74. The molecule has 1 fully saturated rings. The molecule has 82 valence electrons. The van der Waals surface area contributed by atoms with E-state index in [-0.39, 0.29) is 5.97 Å². The minimum atomic E-state index is -0.722. The van der Waals surface area contributed by atoms with Gasteiger partial charge in [0.05, 0.1) is 7.11 Å². The van der Waals surface area contributed by atoms with Gasteiger partial charge in [0.1, 0.15) is 0 Å². The highest BCUT2D eigenvalue weighted by Gasteiger charge is 2.20. The Balaban J connectivity index is 2.11. The zero-order valence-electron chi connectivity index (χ0n) is 8.66. The second-order valence-corrected chi connectivity index (χ2v) is 5.51. The van der Waals surface area contributed by atoms with Crippen molar-refractivity contribution in [2.75, 3.05) is 12.9 Å². The van der Waals surface area contributed by atoms with Crippen molar-refractivity contribution in [1.82, 2.24) is 0 Å². The van der Waals surface area contributed by atoms with E-state index in [4.69, 9.17) is 0 Å². The lowest BCUT2D eigenvalue weighted by molar-refractivity contribution is -0.140. The molecule has 0 N–H and O–H groups in total. The van der Waals surface area contributed by atoms with Gasteiger partial charge in [-0.25, -0.2) is 0 Å². The topological polar surface area (TPSA) is 43.4 Å². The van der Waals surface area contributed by atoms with E-state index in [1.54, 1.807) is 0 Å². The summed E-state index contributed by atoms with van der Waals surface area (Å²) in [6.45, 7) is 0. The monoisotopic (exact) mass is 218 g/mol. The fourth-order valence-electron chi connectivity index (χ4n) is 1.78.